The van der Waals surface area contributed by atoms with Crippen molar-refractivity contribution in [3.63, 3.8) is 0 Å². The van der Waals surface area contributed by atoms with Crippen LogP contribution in [0.15, 0.2) is 11.6 Å². The number of thiazole rings is 1. The van der Waals surface area contributed by atoms with Crippen LogP contribution in [0.5, 0.6) is 0 Å². The molecule has 0 unspecified atom stereocenters. The van der Waals surface area contributed by atoms with E-state index in [0.717, 1.165) is 31.1 Å². The first kappa shape index (κ1) is 10.9. The molecule has 0 saturated carbocycles. The maximum atomic E-state index is 5.63. The molecule has 2 N–H and O–H groups in total. The fourth-order valence-electron chi connectivity index (χ4n) is 1.82. The van der Waals surface area contributed by atoms with E-state index in [1.54, 1.807) is 11.3 Å². The van der Waals surface area contributed by atoms with Crippen LogP contribution < -0.4 is 10.6 Å². The van der Waals surface area contributed by atoms with Gasteiger partial charge >= 0.3 is 0 Å². The lowest BCUT2D eigenvalue weighted by Crippen LogP contribution is -2.37. The molecule has 1 aliphatic heterocycles. The van der Waals surface area contributed by atoms with Gasteiger partial charge in [0.25, 0.3) is 0 Å². The lowest BCUT2D eigenvalue weighted by molar-refractivity contribution is 0.0422. The molecule has 15 heavy (non-hydrogen) atoms. The third-order valence-electron chi connectivity index (χ3n) is 2.60. The Bertz CT molecular complexity index is 270. The molecule has 0 radical (unpaired) electrons. The molecular weight excluding hydrogens is 210 g/mol. The van der Waals surface area contributed by atoms with Crippen molar-refractivity contribution < 1.29 is 4.74 Å². The van der Waals surface area contributed by atoms with Gasteiger partial charge in [0.15, 0.2) is 5.13 Å². The van der Waals surface area contributed by atoms with Crippen LogP contribution >= 0.6 is 11.3 Å². The summed E-state index contributed by atoms with van der Waals surface area (Å²) in [7, 11) is 0. The van der Waals surface area contributed by atoms with E-state index < -0.39 is 0 Å². The minimum atomic E-state index is 0.393. The summed E-state index contributed by atoms with van der Waals surface area (Å²) in [5.74, 6) is 0. The summed E-state index contributed by atoms with van der Waals surface area (Å²) in [5.41, 5.74) is 5.41. The quantitative estimate of drug-likeness (QED) is 0.836. The van der Waals surface area contributed by atoms with Crippen LogP contribution in [-0.4, -0.2) is 37.3 Å². The Balaban J connectivity index is 1.77. The van der Waals surface area contributed by atoms with Gasteiger partial charge in [-0.05, 0) is 12.8 Å². The molecule has 84 valence electrons. The Morgan fingerprint density at radius 2 is 2.33 bits per heavy atom. The van der Waals surface area contributed by atoms with E-state index in [2.05, 4.69) is 9.88 Å². The fourth-order valence-corrected chi connectivity index (χ4v) is 2.52. The van der Waals surface area contributed by atoms with Crippen LogP contribution in [0.2, 0.25) is 0 Å². The van der Waals surface area contributed by atoms with Crippen LogP contribution in [-0.2, 0) is 4.74 Å². The fraction of sp³-hybridized carbons (Fsp3) is 0.700. The zero-order chi connectivity index (χ0) is 10.5. The van der Waals surface area contributed by atoms with Crippen LogP contribution in [0.1, 0.15) is 12.8 Å². The number of hydrogen-bond acceptors (Lipinski definition) is 5. The summed E-state index contributed by atoms with van der Waals surface area (Å²) in [6.07, 6.45) is 4.42. The molecule has 0 amide bonds. The Morgan fingerprint density at radius 1 is 1.53 bits per heavy atom. The minimum Gasteiger partial charge on any atom is -0.377 e. The zero-order valence-electron chi connectivity index (χ0n) is 8.76. The molecule has 4 nitrogen and oxygen atoms in total. The van der Waals surface area contributed by atoms with Gasteiger partial charge in [-0.15, -0.1) is 11.3 Å². The predicted molar refractivity (Wildman–Crippen MR) is 62.4 cm³/mol. The number of nitrogens with two attached hydrogens (primary N) is 1. The smallest absolute Gasteiger partial charge is 0.185 e. The average molecular weight is 227 g/mol. The van der Waals surface area contributed by atoms with Gasteiger partial charge in [-0.3, -0.25) is 0 Å². The number of rotatable bonds is 4. The standard InChI is InChI=1S/C10H17N3OS/c11-3-7-14-9-1-5-13(6-2-9)10-12-4-8-15-10/h4,8-9H,1-3,5-7,11H2. The molecule has 5 heteroatoms. The summed E-state index contributed by atoms with van der Waals surface area (Å²) in [4.78, 5) is 6.64. The molecule has 0 spiro atoms. The molecule has 0 atom stereocenters. The van der Waals surface area contributed by atoms with Gasteiger partial charge in [-0.2, -0.15) is 0 Å². The van der Waals surface area contributed by atoms with Crippen molar-refractivity contribution in [1.29, 1.82) is 0 Å². The second-order valence-electron chi connectivity index (χ2n) is 3.66. The van der Waals surface area contributed by atoms with Gasteiger partial charge in [0.1, 0.15) is 0 Å². The number of anilines is 1. The van der Waals surface area contributed by atoms with Crippen molar-refractivity contribution >= 4 is 16.5 Å². The zero-order valence-corrected chi connectivity index (χ0v) is 9.58. The number of hydrogen-bond donors (Lipinski definition) is 1. The van der Waals surface area contributed by atoms with Crippen molar-refractivity contribution in [2.24, 2.45) is 5.73 Å². The lowest BCUT2D eigenvalue weighted by Gasteiger charge is -2.31. The lowest BCUT2D eigenvalue weighted by atomic mass is 10.1. The number of ether oxygens (including phenoxy) is 1. The molecule has 1 aromatic rings. The van der Waals surface area contributed by atoms with Crippen molar-refractivity contribution in [3.05, 3.63) is 11.6 Å². The Labute approximate surface area is 94.1 Å². The molecule has 2 heterocycles. The van der Waals surface area contributed by atoms with E-state index in [1.165, 1.54) is 0 Å². The largest absolute Gasteiger partial charge is 0.377 e. The summed E-state index contributed by atoms with van der Waals surface area (Å²) in [5, 5.41) is 3.15. The van der Waals surface area contributed by atoms with E-state index in [9.17, 15) is 0 Å². The summed E-state index contributed by atoms with van der Waals surface area (Å²) >= 11 is 1.70. The molecule has 2 rings (SSSR count). The summed E-state index contributed by atoms with van der Waals surface area (Å²) in [6.45, 7) is 3.39. The predicted octanol–water partition coefficient (Wildman–Crippen LogP) is 1.09. The van der Waals surface area contributed by atoms with E-state index in [-0.39, 0.29) is 0 Å². The van der Waals surface area contributed by atoms with E-state index in [0.29, 0.717) is 19.3 Å². The molecule has 0 aliphatic carbocycles. The van der Waals surface area contributed by atoms with Gasteiger partial charge in [0, 0.05) is 31.2 Å². The molecule has 1 fully saturated rings. The van der Waals surface area contributed by atoms with Crippen LogP contribution in [0.3, 0.4) is 0 Å². The summed E-state index contributed by atoms with van der Waals surface area (Å²) < 4.78 is 5.63. The molecule has 0 aromatic carbocycles. The Kier molecular flexibility index (Phi) is 3.94. The molecule has 0 bridgehead atoms. The van der Waals surface area contributed by atoms with E-state index in [4.69, 9.17) is 10.5 Å². The Morgan fingerprint density at radius 3 is 2.93 bits per heavy atom. The van der Waals surface area contributed by atoms with Gasteiger partial charge in [0.2, 0.25) is 0 Å². The van der Waals surface area contributed by atoms with Crippen molar-refractivity contribution in [1.82, 2.24) is 4.98 Å². The molecule has 1 saturated heterocycles. The first-order chi connectivity index (χ1) is 7.40. The normalized spacial score (nSPS) is 18.3. The second-order valence-corrected chi connectivity index (χ2v) is 4.53. The van der Waals surface area contributed by atoms with Crippen LogP contribution in [0.4, 0.5) is 5.13 Å². The van der Waals surface area contributed by atoms with Crippen LogP contribution in [0, 0.1) is 0 Å². The highest BCUT2D eigenvalue weighted by Gasteiger charge is 2.20. The number of nitrogens with zero attached hydrogens (tertiary/aromatic N) is 2. The molecular formula is C10H17N3OS. The maximum Gasteiger partial charge on any atom is 0.185 e. The monoisotopic (exact) mass is 227 g/mol. The Hall–Kier alpha value is -0.650. The van der Waals surface area contributed by atoms with Gasteiger partial charge in [-0.1, -0.05) is 0 Å². The third kappa shape index (κ3) is 2.90. The third-order valence-corrected chi connectivity index (χ3v) is 3.44. The number of piperidine rings is 1. The van der Waals surface area contributed by atoms with Gasteiger partial charge in [0.05, 0.1) is 12.7 Å². The van der Waals surface area contributed by atoms with Crippen LogP contribution in [0.25, 0.3) is 0 Å². The minimum absolute atomic E-state index is 0.393. The van der Waals surface area contributed by atoms with E-state index in [1.807, 2.05) is 11.6 Å². The second kappa shape index (κ2) is 5.44. The van der Waals surface area contributed by atoms with Crippen molar-refractivity contribution in [2.45, 2.75) is 18.9 Å². The average Bonchev–Trinajstić information content (AvgIpc) is 2.80. The van der Waals surface area contributed by atoms with Gasteiger partial charge < -0.3 is 15.4 Å². The first-order valence-electron chi connectivity index (χ1n) is 5.36. The van der Waals surface area contributed by atoms with Crippen molar-refractivity contribution in [2.75, 3.05) is 31.1 Å². The highest BCUT2D eigenvalue weighted by atomic mass is 32.1. The highest BCUT2D eigenvalue weighted by molar-refractivity contribution is 7.13. The first-order valence-corrected chi connectivity index (χ1v) is 6.24. The topological polar surface area (TPSA) is 51.4 Å². The summed E-state index contributed by atoms with van der Waals surface area (Å²) in [6, 6.07) is 0. The molecule has 1 aromatic heterocycles. The SMILES string of the molecule is NCCOC1CCN(c2nccs2)CC1. The number of aromatic nitrogens is 1. The van der Waals surface area contributed by atoms with E-state index >= 15 is 0 Å². The van der Waals surface area contributed by atoms with Crippen molar-refractivity contribution in [3.8, 4) is 0 Å². The van der Waals surface area contributed by atoms with Gasteiger partial charge in [-0.25, -0.2) is 4.98 Å². The maximum absolute atomic E-state index is 5.63. The molecule has 1 aliphatic rings. The highest BCUT2D eigenvalue weighted by Crippen LogP contribution is 2.22.